The maximum atomic E-state index is 12.2. The van der Waals surface area contributed by atoms with Crippen LogP contribution in [-0.4, -0.2) is 33.2 Å². The summed E-state index contributed by atoms with van der Waals surface area (Å²) >= 11 is 0. The van der Waals surface area contributed by atoms with Crippen molar-refractivity contribution < 1.29 is 17.9 Å². The minimum atomic E-state index is -3.19. The lowest BCUT2D eigenvalue weighted by atomic mass is 10.0. The van der Waals surface area contributed by atoms with Gasteiger partial charge < -0.3 is 10.1 Å². The lowest BCUT2D eigenvalue weighted by Crippen LogP contribution is -2.35. The van der Waals surface area contributed by atoms with Crippen LogP contribution in [0.15, 0.2) is 47.4 Å². The quantitative estimate of drug-likeness (QED) is 0.783. The molecule has 0 spiro atoms. The summed E-state index contributed by atoms with van der Waals surface area (Å²) in [5.41, 5.74) is 3.11. The van der Waals surface area contributed by atoms with E-state index < -0.39 is 9.84 Å². The van der Waals surface area contributed by atoms with Crippen LogP contribution in [0.1, 0.15) is 37.7 Å². The Balaban J connectivity index is 1.36. The first-order chi connectivity index (χ1) is 13.9. The molecule has 1 atom stereocenters. The van der Waals surface area contributed by atoms with Gasteiger partial charge in [0.15, 0.2) is 9.84 Å². The maximum Gasteiger partial charge on any atom is 0.220 e. The van der Waals surface area contributed by atoms with Crippen molar-refractivity contribution in [3.8, 4) is 16.9 Å². The number of hydrogen-bond donors (Lipinski definition) is 1. The van der Waals surface area contributed by atoms with Gasteiger partial charge >= 0.3 is 0 Å². The smallest absolute Gasteiger partial charge is 0.220 e. The van der Waals surface area contributed by atoms with Crippen molar-refractivity contribution in [3.63, 3.8) is 0 Å². The molecule has 0 saturated heterocycles. The SMILES string of the molecule is CS(=O)(=O)c1ccc(-c2ccc3c(c2)C[C@H](CNC(=O)CC2CCCC2)O3)cc1. The predicted octanol–water partition coefficient (Wildman–Crippen LogP) is 3.76. The number of hydrogen-bond acceptors (Lipinski definition) is 4. The molecule has 5 nitrogen and oxygen atoms in total. The summed E-state index contributed by atoms with van der Waals surface area (Å²) < 4.78 is 29.2. The topological polar surface area (TPSA) is 72.5 Å². The number of benzene rings is 2. The third kappa shape index (κ3) is 4.81. The Morgan fingerprint density at radius 1 is 1.07 bits per heavy atom. The first-order valence-corrected chi connectivity index (χ1v) is 12.1. The summed E-state index contributed by atoms with van der Waals surface area (Å²) in [6.45, 7) is 0.526. The van der Waals surface area contributed by atoms with E-state index in [0.29, 0.717) is 23.8 Å². The number of sulfone groups is 1. The van der Waals surface area contributed by atoms with E-state index in [2.05, 4.69) is 11.4 Å². The van der Waals surface area contributed by atoms with E-state index in [9.17, 15) is 13.2 Å². The molecule has 1 aliphatic carbocycles. The highest BCUT2D eigenvalue weighted by atomic mass is 32.2. The fourth-order valence-electron chi connectivity index (χ4n) is 4.28. The average molecular weight is 414 g/mol. The van der Waals surface area contributed by atoms with Gasteiger partial charge in [-0.05, 0) is 59.7 Å². The van der Waals surface area contributed by atoms with Crippen LogP contribution in [0.5, 0.6) is 5.75 Å². The van der Waals surface area contributed by atoms with Gasteiger partial charge in [-0.2, -0.15) is 0 Å². The highest BCUT2D eigenvalue weighted by molar-refractivity contribution is 7.90. The molecule has 0 aromatic heterocycles. The lowest BCUT2D eigenvalue weighted by Gasteiger charge is -2.13. The minimum absolute atomic E-state index is 0.0413. The third-order valence-corrected chi connectivity index (χ3v) is 7.02. The number of ether oxygens (including phenoxy) is 1. The Morgan fingerprint density at radius 3 is 2.45 bits per heavy atom. The van der Waals surface area contributed by atoms with Gasteiger partial charge in [0.2, 0.25) is 5.91 Å². The molecule has 2 aliphatic rings. The van der Waals surface area contributed by atoms with Gasteiger partial charge in [-0.3, -0.25) is 4.79 Å². The van der Waals surface area contributed by atoms with Gasteiger partial charge in [0.1, 0.15) is 11.9 Å². The maximum absolute atomic E-state index is 12.2. The molecule has 6 heteroatoms. The Hall–Kier alpha value is -2.34. The van der Waals surface area contributed by atoms with Crippen LogP contribution in [-0.2, 0) is 21.1 Å². The third-order valence-electron chi connectivity index (χ3n) is 5.89. The molecule has 2 aromatic rings. The summed E-state index contributed by atoms with van der Waals surface area (Å²) in [6.07, 6.45) is 7.40. The molecule has 29 heavy (non-hydrogen) atoms. The van der Waals surface area contributed by atoms with E-state index in [4.69, 9.17) is 4.74 Å². The van der Waals surface area contributed by atoms with Crippen LogP contribution in [0, 0.1) is 5.92 Å². The summed E-state index contributed by atoms with van der Waals surface area (Å²) in [6, 6.07) is 13.0. The van der Waals surface area contributed by atoms with Crippen LogP contribution in [0.2, 0.25) is 0 Å². The molecule has 0 bridgehead atoms. The van der Waals surface area contributed by atoms with E-state index in [0.717, 1.165) is 28.9 Å². The van der Waals surface area contributed by atoms with E-state index in [-0.39, 0.29) is 12.0 Å². The second-order valence-electron chi connectivity index (χ2n) is 8.22. The van der Waals surface area contributed by atoms with Gasteiger partial charge in [-0.1, -0.05) is 31.0 Å². The van der Waals surface area contributed by atoms with E-state index >= 15 is 0 Å². The second kappa shape index (κ2) is 8.19. The molecule has 1 N–H and O–H groups in total. The molecule has 1 saturated carbocycles. The standard InChI is InChI=1S/C23H27NO4S/c1-29(26,27)21-9-6-17(7-10-21)18-8-11-22-19(13-18)14-20(28-22)15-24-23(25)12-16-4-2-3-5-16/h6-11,13,16,20H,2-5,12,14-15H2,1H3,(H,24,25)/t20-/m1/s1. The van der Waals surface area contributed by atoms with Gasteiger partial charge in [-0.25, -0.2) is 8.42 Å². The molecule has 4 rings (SSSR count). The van der Waals surface area contributed by atoms with E-state index in [1.165, 1.54) is 31.9 Å². The van der Waals surface area contributed by atoms with Gasteiger partial charge in [0.25, 0.3) is 0 Å². The molecular formula is C23H27NO4S. The van der Waals surface area contributed by atoms with Crippen LogP contribution in [0.4, 0.5) is 0 Å². The predicted molar refractivity (Wildman–Crippen MR) is 113 cm³/mol. The Bertz CT molecular complexity index is 992. The molecular weight excluding hydrogens is 386 g/mol. The van der Waals surface area contributed by atoms with Crippen molar-refractivity contribution >= 4 is 15.7 Å². The minimum Gasteiger partial charge on any atom is -0.488 e. The molecule has 0 radical (unpaired) electrons. The monoisotopic (exact) mass is 413 g/mol. The molecule has 1 heterocycles. The number of amides is 1. The van der Waals surface area contributed by atoms with E-state index in [1.54, 1.807) is 12.1 Å². The largest absolute Gasteiger partial charge is 0.488 e. The van der Waals surface area contributed by atoms with E-state index in [1.807, 2.05) is 24.3 Å². The summed E-state index contributed by atoms with van der Waals surface area (Å²) in [5.74, 6) is 1.54. The number of fused-ring (bicyclic) bond motifs is 1. The highest BCUT2D eigenvalue weighted by Gasteiger charge is 2.25. The summed E-state index contributed by atoms with van der Waals surface area (Å²) in [7, 11) is -3.19. The molecule has 2 aromatic carbocycles. The molecule has 0 unspecified atom stereocenters. The molecule has 1 amide bonds. The molecule has 154 valence electrons. The Morgan fingerprint density at radius 2 is 1.76 bits per heavy atom. The van der Waals surface area contributed by atoms with Crippen molar-refractivity contribution in [2.75, 3.05) is 12.8 Å². The van der Waals surface area contributed by atoms with Crippen LogP contribution < -0.4 is 10.1 Å². The first-order valence-electron chi connectivity index (χ1n) is 10.3. The summed E-state index contributed by atoms with van der Waals surface area (Å²) in [5, 5.41) is 3.03. The van der Waals surface area contributed by atoms with Crippen molar-refractivity contribution in [1.29, 1.82) is 0 Å². The van der Waals surface area contributed by atoms with Crippen LogP contribution in [0.3, 0.4) is 0 Å². The zero-order valence-electron chi connectivity index (χ0n) is 16.7. The zero-order chi connectivity index (χ0) is 20.4. The number of rotatable bonds is 6. The van der Waals surface area contributed by atoms with Crippen molar-refractivity contribution in [2.24, 2.45) is 5.92 Å². The Kier molecular flexibility index (Phi) is 5.63. The summed E-state index contributed by atoms with van der Waals surface area (Å²) in [4.78, 5) is 12.5. The van der Waals surface area contributed by atoms with Crippen LogP contribution in [0.25, 0.3) is 11.1 Å². The number of carbonyl (C=O) groups excluding carboxylic acids is 1. The zero-order valence-corrected chi connectivity index (χ0v) is 17.5. The van der Waals surface area contributed by atoms with Crippen molar-refractivity contribution in [1.82, 2.24) is 5.32 Å². The van der Waals surface area contributed by atoms with Crippen molar-refractivity contribution in [3.05, 3.63) is 48.0 Å². The van der Waals surface area contributed by atoms with Crippen molar-refractivity contribution in [2.45, 2.75) is 49.5 Å². The second-order valence-corrected chi connectivity index (χ2v) is 10.2. The fourth-order valence-corrected chi connectivity index (χ4v) is 4.92. The molecule has 1 fully saturated rings. The number of nitrogens with one attached hydrogen (secondary N) is 1. The van der Waals surface area contributed by atoms with Gasteiger partial charge in [0.05, 0.1) is 11.4 Å². The van der Waals surface area contributed by atoms with Gasteiger partial charge in [-0.15, -0.1) is 0 Å². The normalized spacial score (nSPS) is 19.0. The lowest BCUT2D eigenvalue weighted by molar-refractivity contribution is -0.122. The average Bonchev–Trinajstić information content (AvgIpc) is 3.34. The molecule has 1 aliphatic heterocycles. The van der Waals surface area contributed by atoms with Gasteiger partial charge in [0, 0.05) is 19.1 Å². The highest BCUT2D eigenvalue weighted by Crippen LogP contribution is 2.33. The number of carbonyl (C=O) groups is 1. The van der Waals surface area contributed by atoms with Crippen LogP contribution >= 0.6 is 0 Å². The fraction of sp³-hybridized carbons (Fsp3) is 0.435. The first kappa shape index (κ1) is 20.0. The Labute approximate surface area is 172 Å².